The van der Waals surface area contributed by atoms with E-state index in [1.165, 1.54) is 19.2 Å². The molecule has 136 valence electrons. The molecule has 0 heterocycles. The third-order valence-corrected chi connectivity index (χ3v) is 3.09. The van der Waals surface area contributed by atoms with Gasteiger partial charge in [0, 0.05) is 0 Å². The zero-order valence-corrected chi connectivity index (χ0v) is 13.3. The average molecular weight is 347 g/mol. The van der Waals surface area contributed by atoms with Crippen LogP contribution in [0.25, 0.3) is 0 Å². The Balaban J connectivity index is 4.69. The van der Waals surface area contributed by atoms with E-state index in [0.717, 1.165) is 19.3 Å². The van der Waals surface area contributed by atoms with Crippen LogP contribution < -0.4 is 5.32 Å². The van der Waals surface area contributed by atoms with Gasteiger partial charge in [0.1, 0.15) is 6.04 Å². The number of rotatable bonds is 9. The Labute approximate surface area is 131 Å². The molecule has 0 bridgehead atoms. The summed E-state index contributed by atoms with van der Waals surface area (Å²) < 4.78 is 67.0. The van der Waals surface area contributed by atoms with Crippen LogP contribution in [0.5, 0.6) is 0 Å². The number of halogens is 5. The number of amides is 1. The molecule has 0 aromatic carbocycles. The van der Waals surface area contributed by atoms with E-state index in [4.69, 9.17) is 4.74 Å². The van der Waals surface area contributed by atoms with E-state index in [1.807, 2.05) is 6.92 Å². The maximum absolute atomic E-state index is 12.9. The van der Waals surface area contributed by atoms with Gasteiger partial charge in [0.05, 0.1) is 6.61 Å². The van der Waals surface area contributed by atoms with E-state index in [1.54, 1.807) is 0 Å². The number of carbonyl (C=O) groups excluding carboxylic acids is 2. The van der Waals surface area contributed by atoms with Crippen LogP contribution in [0.1, 0.15) is 46.5 Å². The average Bonchev–Trinajstić information content (AvgIpc) is 2.42. The summed E-state index contributed by atoms with van der Waals surface area (Å²) in [6.45, 7) is 4.80. The largest absolute Gasteiger partial charge is 0.464 e. The van der Waals surface area contributed by atoms with E-state index in [0.29, 0.717) is 6.42 Å². The molecule has 1 unspecified atom stereocenters. The van der Waals surface area contributed by atoms with E-state index in [9.17, 15) is 31.5 Å². The first kappa shape index (κ1) is 21.6. The topological polar surface area (TPSA) is 55.4 Å². The highest BCUT2D eigenvalue weighted by molar-refractivity contribution is 5.89. The molecule has 23 heavy (non-hydrogen) atoms. The summed E-state index contributed by atoms with van der Waals surface area (Å²) in [5.41, 5.74) is 0. The highest BCUT2D eigenvalue weighted by atomic mass is 19.4. The third kappa shape index (κ3) is 6.70. The minimum Gasteiger partial charge on any atom is -0.464 e. The van der Waals surface area contributed by atoms with Gasteiger partial charge in [-0.05, 0) is 12.3 Å². The molecule has 0 aromatic heterocycles. The lowest BCUT2D eigenvalue weighted by atomic mass is 10.0. The fourth-order valence-electron chi connectivity index (χ4n) is 1.65. The summed E-state index contributed by atoms with van der Waals surface area (Å²) in [5, 5.41) is 1.43. The van der Waals surface area contributed by atoms with Gasteiger partial charge in [-0.25, -0.2) is 4.79 Å². The molecular formula is C14H22F5NO3. The lowest BCUT2D eigenvalue weighted by molar-refractivity contribution is -0.270. The molecule has 1 amide bonds. The summed E-state index contributed by atoms with van der Waals surface area (Å²) in [4.78, 5) is 22.9. The van der Waals surface area contributed by atoms with Crippen molar-refractivity contribution in [3.8, 4) is 0 Å². The summed E-state index contributed by atoms with van der Waals surface area (Å²) >= 11 is 0. The molecular weight excluding hydrogens is 325 g/mol. The van der Waals surface area contributed by atoms with Crippen LogP contribution in [-0.2, 0) is 14.3 Å². The fourth-order valence-corrected chi connectivity index (χ4v) is 1.65. The Morgan fingerprint density at radius 3 is 2.04 bits per heavy atom. The van der Waals surface area contributed by atoms with Gasteiger partial charge >= 0.3 is 24.0 Å². The molecule has 0 saturated heterocycles. The van der Waals surface area contributed by atoms with Crippen molar-refractivity contribution in [1.29, 1.82) is 0 Å². The van der Waals surface area contributed by atoms with Gasteiger partial charge in [0.25, 0.3) is 0 Å². The van der Waals surface area contributed by atoms with Gasteiger partial charge in [-0.3, -0.25) is 4.79 Å². The molecule has 0 radical (unpaired) electrons. The van der Waals surface area contributed by atoms with Gasteiger partial charge in [-0.2, -0.15) is 22.0 Å². The van der Waals surface area contributed by atoms with E-state index in [2.05, 4.69) is 0 Å². The van der Waals surface area contributed by atoms with Gasteiger partial charge < -0.3 is 10.1 Å². The molecule has 0 saturated carbocycles. The number of ether oxygens (including phenoxy) is 1. The van der Waals surface area contributed by atoms with Crippen molar-refractivity contribution in [2.24, 2.45) is 5.92 Å². The fraction of sp³-hybridized carbons (Fsp3) is 0.857. The second-order valence-electron chi connectivity index (χ2n) is 5.50. The Hall–Kier alpha value is -1.41. The molecule has 9 heteroatoms. The lowest BCUT2D eigenvalue weighted by Gasteiger charge is -2.24. The number of hydrogen-bond acceptors (Lipinski definition) is 3. The first-order valence-corrected chi connectivity index (χ1v) is 7.37. The van der Waals surface area contributed by atoms with Crippen LogP contribution in [-0.4, -0.2) is 36.6 Å². The van der Waals surface area contributed by atoms with E-state index < -0.39 is 35.9 Å². The monoisotopic (exact) mass is 347 g/mol. The van der Waals surface area contributed by atoms with Crippen LogP contribution in [0.15, 0.2) is 0 Å². The normalized spacial score (nSPS) is 13.8. The number of unbranched alkanes of at least 4 members (excludes halogenated alkanes) is 3. The van der Waals surface area contributed by atoms with E-state index >= 15 is 0 Å². The van der Waals surface area contributed by atoms with Gasteiger partial charge in [0.2, 0.25) is 0 Å². The minimum atomic E-state index is -6.03. The first-order chi connectivity index (χ1) is 10.4. The Morgan fingerprint density at radius 1 is 1.04 bits per heavy atom. The van der Waals surface area contributed by atoms with Crippen molar-refractivity contribution >= 4 is 11.9 Å². The van der Waals surface area contributed by atoms with Gasteiger partial charge in [-0.1, -0.05) is 40.0 Å². The maximum atomic E-state index is 12.9. The van der Waals surface area contributed by atoms with Crippen molar-refractivity contribution in [1.82, 2.24) is 5.32 Å². The molecule has 0 aliphatic rings. The van der Waals surface area contributed by atoms with Crippen LogP contribution in [0.2, 0.25) is 0 Å². The smallest absolute Gasteiger partial charge is 0.463 e. The second kappa shape index (κ2) is 9.02. The summed E-state index contributed by atoms with van der Waals surface area (Å²) in [5.74, 6) is -9.86. The Morgan fingerprint density at radius 2 is 1.61 bits per heavy atom. The lowest BCUT2D eigenvalue weighted by Crippen LogP contribution is -2.56. The van der Waals surface area contributed by atoms with Crippen LogP contribution in [0, 0.1) is 5.92 Å². The summed E-state index contributed by atoms with van der Waals surface area (Å²) in [7, 11) is 0. The SMILES string of the molecule is CCCCCCOC(=O)C(NC(=O)C(F)(F)C(F)(F)F)C(C)C. The predicted octanol–water partition coefficient (Wildman–Crippen LogP) is 3.45. The molecule has 0 spiro atoms. The number of alkyl halides is 5. The van der Waals surface area contributed by atoms with Crippen LogP contribution >= 0.6 is 0 Å². The second-order valence-corrected chi connectivity index (χ2v) is 5.50. The molecule has 0 aliphatic carbocycles. The first-order valence-electron chi connectivity index (χ1n) is 7.37. The Kier molecular flexibility index (Phi) is 8.47. The minimum absolute atomic E-state index is 0.0214. The summed E-state index contributed by atoms with van der Waals surface area (Å²) in [6, 6.07) is -1.57. The highest BCUT2D eigenvalue weighted by Gasteiger charge is 2.63. The molecule has 1 atom stereocenters. The van der Waals surface area contributed by atoms with Crippen molar-refractivity contribution in [2.45, 2.75) is 64.6 Å². The number of carbonyl (C=O) groups is 2. The van der Waals surface area contributed by atoms with E-state index in [-0.39, 0.29) is 6.61 Å². The summed E-state index contributed by atoms with van der Waals surface area (Å²) in [6.07, 6.45) is -2.78. The molecule has 0 fully saturated rings. The van der Waals surface area contributed by atoms with Crippen molar-refractivity contribution in [3.05, 3.63) is 0 Å². The third-order valence-electron chi connectivity index (χ3n) is 3.09. The molecule has 0 aliphatic heterocycles. The zero-order chi connectivity index (χ0) is 18.3. The quantitative estimate of drug-likeness (QED) is 0.395. The number of nitrogens with one attached hydrogen (secondary N) is 1. The van der Waals surface area contributed by atoms with Crippen molar-refractivity contribution < 1.29 is 36.3 Å². The molecule has 4 nitrogen and oxygen atoms in total. The van der Waals surface area contributed by atoms with Crippen molar-refractivity contribution in [2.75, 3.05) is 6.61 Å². The standard InChI is InChI=1S/C14H22F5NO3/c1-4-5-6-7-8-23-11(21)10(9(2)3)20-12(22)13(15,16)14(17,18)19/h9-10H,4-8H2,1-3H3,(H,20,22). The molecule has 1 N–H and O–H groups in total. The molecule has 0 rings (SSSR count). The van der Waals surface area contributed by atoms with Gasteiger partial charge in [-0.15, -0.1) is 0 Å². The maximum Gasteiger partial charge on any atom is 0.463 e. The number of esters is 1. The predicted molar refractivity (Wildman–Crippen MR) is 72.9 cm³/mol. The van der Waals surface area contributed by atoms with Crippen LogP contribution in [0.4, 0.5) is 22.0 Å². The zero-order valence-electron chi connectivity index (χ0n) is 13.3. The highest BCUT2D eigenvalue weighted by Crippen LogP contribution is 2.35. The van der Waals surface area contributed by atoms with Crippen molar-refractivity contribution in [3.63, 3.8) is 0 Å². The number of hydrogen-bond donors (Lipinski definition) is 1. The van der Waals surface area contributed by atoms with Crippen LogP contribution in [0.3, 0.4) is 0 Å². The van der Waals surface area contributed by atoms with Gasteiger partial charge in [0.15, 0.2) is 0 Å². The Bertz CT molecular complexity index is 396. The molecule has 0 aromatic rings.